The fraction of sp³-hybridized carbons (Fsp3) is 0.333. The first-order valence-corrected chi connectivity index (χ1v) is 4.38. The van der Waals surface area contributed by atoms with E-state index in [1.165, 1.54) is 11.3 Å². The molecule has 12 heavy (non-hydrogen) atoms. The summed E-state index contributed by atoms with van der Waals surface area (Å²) in [4.78, 5) is 12.2. The molecule has 0 bridgehead atoms. The summed E-state index contributed by atoms with van der Waals surface area (Å²) >= 11 is 1.37. The van der Waals surface area contributed by atoms with Gasteiger partial charge in [0.05, 0.1) is 5.41 Å². The summed E-state index contributed by atoms with van der Waals surface area (Å²) in [6, 6.07) is 5.62. The van der Waals surface area contributed by atoms with Crippen LogP contribution in [0, 0.1) is 11.3 Å². The molecule has 0 amide bonds. The van der Waals surface area contributed by atoms with Crippen LogP contribution in [-0.4, -0.2) is 6.29 Å². The van der Waals surface area contributed by atoms with Crippen molar-refractivity contribution in [3.8, 4) is 6.07 Å². The fourth-order valence-electron chi connectivity index (χ4n) is 0.802. The molecule has 0 unspecified atom stereocenters. The highest BCUT2D eigenvalue weighted by Gasteiger charge is 2.21. The molecule has 0 aliphatic rings. The summed E-state index contributed by atoms with van der Waals surface area (Å²) in [5.74, 6) is 0. The summed E-state index contributed by atoms with van der Waals surface area (Å²) < 4.78 is 0. The van der Waals surface area contributed by atoms with E-state index < -0.39 is 5.41 Å². The molecule has 0 aliphatic heterocycles. The van der Waals surface area contributed by atoms with Crippen LogP contribution in [-0.2, 0) is 10.2 Å². The third-order valence-corrected chi connectivity index (χ3v) is 2.98. The first kappa shape index (κ1) is 8.95. The summed E-state index contributed by atoms with van der Waals surface area (Å²) in [7, 11) is 0. The summed E-state index contributed by atoms with van der Waals surface area (Å²) in [6.07, 6.45) is 0.903. The number of carbonyl (C=O) groups excluding carboxylic acids is 1. The Kier molecular flexibility index (Phi) is 2.30. The highest BCUT2D eigenvalue weighted by molar-refractivity contribution is 7.12. The van der Waals surface area contributed by atoms with Gasteiger partial charge in [-0.05, 0) is 26.0 Å². The van der Waals surface area contributed by atoms with Crippen molar-refractivity contribution in [3.05, 3.63) is 21.9 Å². The second-order valence-corrected chi connectivity index (χ2v) is 4.20. The minimum atomic E-state index is -0.459. The van der Waals surface area contributed by atoms with E-state index in [0.29, 0.717) is 4.88 Å². The van der Waals surface area contributed by atoms with Crippen LogP contribution < -0.4 is 0 Å². The van der Waals surface area contributed by atoms with Gasteiger partial charge in [-0.3, -0.25) is 0 Å². The minimum absolute atomic E-state index is 0.459. The molecule has 0 radical (unpaired) electrons. The lowest BCUT2D eigenvalue weighted by Gasteiger charge is -2.13. The van der Waals surface area contributed by atoms with Crippen LogP contribution in [0.5, 0.6) is 0 Å². The average Bonchev–Trinajstić information content (AvgIpc) is 2.52. The number of thiophene rings is 1. The van der Waals surface area contributed by atoms with Gasteiger partial charge >= 0.3 is 0 Å². The van der Waals surface area contributed by atoms with Crippen molar-refractivity contribution in [2.45, 2.75) is 19.3 Å². The topological polar surface area (TPSA) is 40.9 Å². The quantitative estimate of drug-likeness (QED) is 0.652. The zero-order chi connectivity index (χ0) is 9.19. The molecule has 0 saturated heterocycles. The standard InChI is InChI=1S/C9H9NOS/c1-9(2,6-11)8-4-3-7(5-10)12-8/h3-4,6H,1-2H3. The summed E-state index contributed by atoms with van der Waals surface area (Å²) in [6.45, 7) is 3.68. The lowest BCUT2D eigenvalue weighted by molar-refractivity contribution is -0.111. The van der Waals surface area contributed by atoms with Crippen molar-refractivity contribution in [1.82, 2.24) is 0 Å². The van der Waals surface area contributed by atoms with Gasteiger partial charge in [0.1, 0.15) is 17.2 Å². The maximum absolute atomic E-state index is 10.6. The van der Waals surface area contributed by atoms with Crippen LogP contribution in [0.3, 0.4) is 0 Å². The Morgan fingerprint density at radius 3 is 2.67 bits per heavy atom. The number of rotatable bonds is 2. The van der Waals surface area contributed by atoms with E-state index in [1.54, 1.807) is 6.07 Å². The SMILES string of the molecule is CC(C)(C=O)c1ccc(C#N)s1. The Hall–Kier alpha value is -1.14. The fourth-order valence-corrected chi connectivity index (χ4v) is 1.67. The zero-order valence-electron chi connectivity index (χ0n) is 7.00. The molecular formula is C9H9NOS. The van der Waals surface area contributed by atoms with Gasteiger partial charge in [-0.1, -0.05) is 0 Å². The number of hydrogen-bond donors (Lipinski definition) is 0. The highest BCUT2D eigenvalue weighted by Crippen LogP contribution is 2.27. The number of nitrogens with zero attached hydrogens (tertiary/aromatic N) is 1. The number of aldehydes is 1. The lowest BCUT2D eigenvalue weighted by Crippen LogP contribution is -2.16. The summed E-state index contributed by atoms with van der Waals surface area (Å²) in [5, 5.41) is 8.56. The van der Waals surface area contributed by atoms with E-state index in [-0.39, 0.29) is 0 Å². The molecule has 0 atom stereocenters. The predicted octanol–water partition coefficient (Wildman–Crippen LogP) is 2.10. The van der Waals surface area contributed by atoms with Crippen LogP contribution >= 0.6 is 11.3 Å². The molecule has 2 nitrogen and oxygen atoms in total. The Bertz CT molecular complexity index is 333. The van der Waals surface area contributed by atoms with E-state index >= 15 is 0 Å². The van der Waals surface area contributed by atoms with E-state index in [2.05, 4.69) is 0 Å². The monoisotopic (exact) mass is 179 g/mol. The van der Waals surface area contributed by atoms with Crippen LogP contribution in [0.1, 0.15) is 23.6 Å². The molecule has 1 rings (SSSR count). The van der Waals surface area contributed by atoms with Crippen molar-refractivity contribution in [1.29, 1.82) is 5.26 Å². The van der Waals surface area contributed by atoms with Gasteiger partial charge in [0.2, 0.25) is 0 Å². The van der Waals surface area contributed by atoms with Gasteiger partial charge in [-0.2, -0.15) is 5.26 Å². The molecule has 0 saturated carbocycles. The van der Waals surface area contributed by atoms with Gasteiger partial charge < -0.3 is 4.79 Å². The molecule has 1 aromatic heterocycles. The van der Waals surface area contributed by atoms with Crippen molar-refractivity contribution < 1.29 is 4.79 Å². The number of hydrogen-bond acceptors (Lipinski definition) is 3. The molecule has 0 aromatic carbocycles. The summed E-state index contributed by atoms with van der Waals surface area (Å²) in [5.41, 5.74) is -0.459. The molecular weight excluding hydrogens is 170 g/mol. The van der Waals surface area contributed by atoms with Crippen molar-refractivity contribution in [3.63, 3.8) is 0 Å². The van der Waals surface area contributed by atoms with Gasteiger partial charge in [0, 0.05) is 4.88 Å². The second kappa shape index (κ2) is 3.08. The smallest absolute Gasteiger partial charge is 0.130 e. The van der Waals surface area contributed by atoms with Crippen molar-refractivity contribution >= 4 is 17.6 Å². The normalized spacial score (nSPS) is 10.8. The minimum Gasteiger partial charge on any atom is -0.302 e. The Morgan fingerprint density at radius 2 is 2.25 bits per heavy atom. The molecule has 0 spiro atoms. The van der Waals surface area contributed by atoms with E-state index in [4.69, 9.17) is 5.26 Å². The van der Waals surface area contributed by atoms with E-state index in [0.717, 1.165) is 11.2 Å². The molecule has 1 aromatic rings. The van der Waals surface area contributed by atoms with E-state index in [1.807, 2.05) is 26.0 Å². The molecule has 62 valence electrons. The maximum atomic E-state index is 10.6. The third-order valence-electron chi connectivity index (χ3n) is 1.65. The van der Waals surface area contributed by atoms with Gasteiger partial charge in [-0.15, -0.1) is 11.3 Å². The van der Waals surface area contributed by atoms with Crippen LogP contribution in [0.25, 0.3) is 0 Å². The average molecular weight is 179 g/mol. The second-order valence-electron chi connectivity index (χ2n) is 3.12. The molecule has 0 aliphatic carbocycles. The Labute approximate surface area is 75.5 Å². The zero-order valence-corrected chi connectivity index (χ0v) is 7.81. The predicted molar refractivity (Wildman–Crippen MR) is 48.1 cm³/mol. The maximum Gasteiger partial charge on any atom is 0.130 e. The van der Waals surface area contributed by atoms with Crippen molar-refractivity contribution in [2.75, 3.05) is 0 Å². The van der Waals surface area contributed by atoms with Gasteiger partial charge in [0.25, 0.3) is 0 Å². The van der Waals surface area contributed by atoms with Crippen LogP contribution in [0.2, 0.25) is 0 Å². The van der Waals surface area contributed by atoms with Crippen molar-refractivity contribution in [2.24, 2.45) is 0 Å². The van der Waals surface area contributed by atoms with E-state index in [9.17, 15) is 4.79 Å². The molecule has 1 heterocycles. The number of nitriles is 1. The largest absolute Gasteiger partial charge is 0.302 e. The molecule has 3 heteroatoms. The first-order valence-electron chi connectivity index (χ1n) is 3.57. The highest BCUT2D eigenvalue weighted by atomic mass is 32.1. The Balaban J connectivity index is 3.05. The van der Waals surface area contributed by atoms with Crippen LogP contribution in [0.4, 0.5) is 0 Å². The van der Waals surface area contributed by atoms with Gasteiger partial charge in [-0.25, -0.2) is 0 Å². The van der Waals surface area contributed by atoms with Gasteiger partial charge in [0.15, 0.2) is 0 Å². The Morgan fingerprint density at radius 1 is 1.58 bits per heavy atom. The third kappa shape index (κ3) is 1.54. The van der Waals surface area contributed by atoms with Crippen LogP contribution in [0.15, 0.2) is 12.1 Å². The molecule has 0 N–H and O–H groups in total. The number of carbonyl (C=O) groups is 1. The lowest BCUT2D eigenvalue weighted by atomic mass is 9.94. The molecule has 0 fully saturated rings. The first-order chi connectivity index (χ1) is 5.60.